The van der Waals surface area contributed by atoms with Crippen LogP contribution in [0.1, 0.15) is 138 Å². The number of rotatable bonds is 26. The molecule has 0 aliphatic carbocycles. The maximum Gasteiger partial charge on any atom is 0.327 e. The molecule has 14 atom stereocenters. The SMILES string of the molecule is CCC[C@@H]1NC(=O)[C@H](Cc2ccc(O)cc2)NC(=O)[C@H](CCC(=O)O)NC(=O)[C@H](CC(C)C)NC(=O)[C@H](Cc2c[nH]c3ncccc23)NC(=O)[C@H]([C@@H](C)O)NC(=O)[C@H](CNC(=N)N)NC(=O)[C@H](Cc2ccc(C(N)=O)cc2)NC(=O)[C@H](C(C)(C)C)NC(=O)[C@@H](NC(=O)[C@H](Cc2ccc(NC(=N)N)cc2)NC(C)=O)CSCc2cccc(c2)CSC[C@@H](C(=O)O)NC(=O)[C@H](CCO)NC1=O. The number of carbonyl (C=O) groups excluding carboxylic acids is 14. The van der Waals surface area contributed by atoms with Crippen LogP contribution < -0.4 is 97.0 Å². The molecule has 3 heterocycles. The van der Waals surface area contributed by atoms with Crippen LogP contribution >= 0.6 is 23.5 Å². The van der Waals surface area contributed by atoms with Gasteiger partial charge in [-0.1, -0.05) is 109 Å². The van der Waals surface area contributed by atoms with Crippen LogP contribution in [0.25, 0.3) is 11.0 Å². The summed E-state index contributed by atoms with van der Waals surface area (Å²) in [7, 11) is 0. The fourth-order valence-corrected chi connectivity index (χ4v) is 16.2. The number of carbonyl (C=O) groups is 16. The Hall–Kier alpha value is -14.0. The van der Waals surface area contributed by atoms with Crippen LogP contribution in [0.5, 0.6) is 5.75 Å². The molecule has 0 saturated heterocycles. The number of hydrogen-bond acceptors (Lipinski definition) is 24. The highest BCUT2D eigenvalue weighted by atomic mass is 32.2. The summed E-state index contributed by atoms with van der Waals surface area (Å²) in [5.41, 5.74) is 19.1. The number of anilines is 1. The lowest BCUT2D eigenvalue weighted by molar-refractivity contribution is -0.141. The number of aromatic amines is 1. The zero-order chi connectivity index (χ0) is 98.8. The molecule has 134 heavy (non-hydrogen) atoms. The molecule has 7 rings (SSSR count). The number of nitrogens with zero attached hydrogens (tertiary/aromatic N) is 1. The van der Waals surface area contributed by atoms with Crippen molar-refractivity contribution in [2.75, 3.05) is 30.0 Å². The Morgan fingerprint density at radius 2 is 1.07 bits per heavy atom. The van der Waals surface area contributed by atoms with Gasteiger partial charge in [-0.25, -0.2) is 9.78 Å². The Labute approximate surface area is 780 Å². The number of carboxylic acids is 2. The number of thioether (sulfide) groups is 2. The molecule has 0 radical (unpaired) electrons. The maximum atomic E-state index is 15.3. The monoisotopic (exact) mass is 1900 g/mol. The Bertz CT molecular complexity index is 5170. The second kappa shape index (κ2) is 51.8. The number of nitrogens with one attached hydrogen (secondary N) is 18. The fourth-order valence-electron chi connectivity index (χ4n) is 14.2. The Morgan fingerprint density at radius 3 is 1.61 bits per heavy atom. The van der Waals surface area contributed by atoms with Crippen LogP contribution in [-0.4, -0.2) is 251 Å². The number of amides is 14. The van der Waals surface area contributed by atoms with Crippen LogP contribution in [0.3, 0.4) is 0 Å². The molecular formula is C89H120N22O21S2. The number of benzene rings is 4. The van der Waals surface area contributed by atoms with Crippen LogP contribution in [0.15, 0.2) is 122 Å². The molecule has 0 fully saturated rings. The van der Waals surface area contributed by atoms with Crippen LogP contribution in [-0.2, 0) is 109 Å². The van der Waals surface area contributed by atoms with Gasteiger partial charge in [0.15, 0.2) is 11.9 Å². The minimum atomic E-state index is -2.06. The standard InChI is InChI=1S/C89H120N22O21S2/c1-9-12-58-74(119)102-60(30-32-112)76(121)109-68(86(131)132)44-134-42-52-14-10-13-51(34-52)41-133-43-67(108-78(123)62(98-47(5)114)35-49-18-24-55(25-19-49)99-88(93)94)83(128)111-71(89(6,7)8)85(130)106-64(36-48-16-22-53(23-17-48)72(90)118)80(125)107-66(40-97-87(91)92)82(127)110-70(46(4)113)84(129)105-65(38-54-39-96-73-57(54)15-11-31-95-73)81(126)103-61(33-45(2)3)77(122)101-59(28-29-69(116)117)75(120)104-63(79(124)100-58)37-50-20-26-56(115)27-21-50/h10-11,13-27,31,34,39,45-46,58-68,70-71,112-113,115H,9,12,28-30,32-33,35-38,40-44H2,1-8H3,(H2,90,118)(H,95,96)(H,98,114)(H,100,124)(H,101,122)(H,102,119)(H,103,126)(H,104,120)(H,105,129)(H,106,130)(H,107,125)(H,108,123)(H,109,121)(H,110,127)(H,111,128)(H,116,117)(H,131,132)(H4,91,92,97)(H4,93,94,99)/t46-,58+,59+,60+,61+,62+,63+,64+,65+,66+,67+,68+,70+,71-/m1/s1. The molecule has 14 amide bonds. The number of pyridine rings is 1. The molecule has 0 saturated carbocycles. The van der Waals surface area contributed by atoms with E-state index in [2.05, 4.69) is 89.7 Å². The Balaban J connectivity index is 1.33. The smallest absolute Gasteiger partial charge is 0.327 e. The van der Waals surface area contributed by atoms with Gasteiger partial charge in [0.2, 0.25) is 82.7 Å². The van der Waals surface area contributed by atoms with Gasteiger partial charge in [-0.15, -0.1) is 0 Å². The van der Waals surface area contributed by atoms with E-state index in [1.54, 1.807) is 102 Å². The van der Waals surface area contributed by atoms with Crippen molar-refractivity contribution in [1.29, 1.82) is 10.8 Å². The first-order valence-electron chi connectivity index (χ1n) is 43.1. The summed E-state index contributed by atoms with van der Waals surface area (Å²) in [6, 6.07) is 5.50. The second-order valence-electron chi connectivity index (χ2n) is 33.7. The van der Waals surface area contributed by atoms with Crippen molar-refractivity contribution in [3.63, 3.8) is 0 Å². The second-order valence-corrected chi connectivity index (χ2v) is 35.8. The highest BCUT2D eigenvalue weighted by Gasteiger charge is 2.42. The highest BCUT2D eigenvalue weighted by molar-refractivity contribution is 7.98. The largest absolute Gasteiger partial charge is 0.508 e. The number of carboxylic acid groups (broad SMARTS) is 2. The number of aliphatic hydroxyl groups excluding tert-OH is 2. The summed E-state index contributed by atoms with van der Waals surface area (Å²) < 4.78 is 0. The van der Waals surface area contributed by atoms with E-state index in [1.165, 1.54) is 67.8 Å². The van der Waals surface area contributed by atoms with Crippen molar-refractivity contribution in [1.82, 2.24) is 84.4 Å². The average Bonchev–Trinajstić information content (AvgIpc) is 1.58. The lowest BCUT2D eigenvalue weighted by Crippen LogP contribution is -2.64. The minimum Gasteiger partial charge on any atom is -0.508 e. The lowest BCUT2D eigenvalue weighted by Gasteiger charge is -2.33. The molecule has 1 aliphatic heterocycles. The minimum absolute atomic E-state index is 0.0426. The van der Waals surface area contributed by atoms with Gasteiger partial charge in [-0.2, -0.15) is 23.5 Å². The molecular weight excluding hydrogens is 1780 g/mol. The molecule has 43 nitrogen and oxygen atoms in total. The maximum absolute atomic E-state index is 15.3. The highest BCUT2D eigenvalue weighted by Crippen LogP contribution is 2.25. The molecule has 2 bridgehead atoms. The molecule has 1 aliphatic rings. The molecule has 0 spiro atoms. The number of hydrogen-bond donors (Lipinski definition) is 26. The number of nitrogens with two attached hydrogens (primary N) is 3. The van der Waals surface area contributed by atoms with Crippen molar-refractivity contribution in [2.24, 2.45) is 28.5 Å². The predicted octanol–water partition coefficient (Wildman–Crippen LogP) is -1.47. The van der Waals surface area contributed by atoms with Crippen LogP contribution in [0.2, 0.25) is 0 Å². The van der Waals surface area contributed by atoms with Crippen molar-refractivity contribution in [3.8, 4) is 5.75 Å². The van der Waals surface area contributed by atoms with Crippen LogP contribution in [0.4, 0.5) is 5.69 Å². The molecule has 724 valence electrons. The topological polar surface area (TPSA) is 709 Å². The zero-order valence-electron chi connectivity index (χ0n) is 75.3. The van der Waals surface area contributed by atoms with E-state index in [-0.39, 0.29) is 78.0 Å². The number of aliphatic carboxylic acids is 2. The summed E-state index contributed by atoms with van der Waals surface area (Å²) in [6.07, 6.45) is -2.34. The molecule has 6 aromatic rings. The van der Waals surface area contributed by atoms with E-state index < -0.39 is 242 Å². The normalized spacial score (nSPS) is 22.0. The van der Waals surface area contributed by atoms with E-state index in [9.17, 15) is 73.5 Å². The van der Waals surface area contributed by atoms with E-state index in [0.29, 0.717) is 44.5 Å². The number of aromatic hydroxyl groups is 1. The van der Waals surface area contributed by atoms with E-state index in [4.69, 9.17) is 28.0 Å². The van der Waals surface area contributed by atoms with Gasteiger partial charge in [0, 0.05) is 104 Å². The predicted molar refractivity (Wildman–Crippen MR) is 497 cm³/mol. The van der Waals surface area contributed by atoms with Gasteiger partial charge < -0.3 is 127 Å². The number of aliphatic hydroxyl groups is 2. The first-order valence-corrected chi connectivity index (χ1v) is 45.4. The van der Waals surface area contributed by atoms with Gasteiger partial charge in [0.1, 0.15) is 89.9 Å². The van der Waals surface area contributed by atoms with E-state index in [1.807, 2.05) is 0 Å². The van der Waals surface area contributed by atoms with Gasteiger partial charge in [0.25, 0.3) is 0 Å². The van der Waals surface area contributed by atoms with E-state index >= 15 is 28.8 Å². The summed E-state index contributed by atoms with van der Waals surface area (Å²) in [6.45, 7) is 10.5. The number of phenols is 1. The number of fused-ring (bicyclic) bond motifs is 3. The summed E-state index contributed by atoms with van der Waals surface area (Å²) in [5, 5.41) is 107. The third-order valence-corrected chi connectivity index (χ3v) is 23.3. The third kappa shape index (κ3) is 34.6. The number of aromatic nitrogens is 2. The molecule has 45 heteroatoms. The van der Waals surface area contributed by atoms with Gasteiger partial charge >= 0.3 is 11.9 Å². The fraction of sp³-hybridized carbons (Fsp3) is 0.449. The Kier molecular flexibility index (Phi) is 41.4. The van der Waals surface area contributed by atoms with Crippen LogP contribution in [0, 0.1) is 22.2 Å². The summed E-state index contributed by atoms with van der Waals surface area (Å²) in [5.74, 6) is -19.3. The van der Waals surface area contributed by atoms with Gasteiger partial charge in [-0.05, 0) is 126 Å². The van der Waals surface area contributed by atoms with Crippen molar-refractivity contribution < 1.29 is 102 Å². The summed E-state index contributed by atoms with van der Waals surface area (Å²) in [4.78, 5) is 237. The van der Waals surface area contributed by atoms with Crippen molar-refractivity contribution in [2.45, 2.75) is 216 Å². The number of H-pyrrole nitrogens is 1. The zero-order valence-corrected chi connectivity index (χ0v) is 76.9. The molecule has 29 N–H and O–H groups in total. The first kappa shape index (κ1) is 107. The first-order chi connectivity index (χ1) is 63.4. The quantitative estimate of drug-likeness (QED) is 0.0218. The molecule has 4 aromatic carbocycles. The van der Waals surface area contributed by atoms with Crippen molar-refractivity contribution in [3.05, 3.63) is 161 Å². The Morgan fingerprint density at radius 1 is 0.567 bits per heavy atom. The molecule has 0 unspecified atom stereocenters. The van der Waals surface area contributed by atoms with E-state index in [0.717, 1.165) is 30.4 Å². The average molecular weight is 1900 g/mol. The number of primary amides is 1. The summed E-state index contributed by atoms with van der Waals surface area (Å²) >= 11 is 2.23. The number of phenolic OH excluding ortho intramolecular Hbond substituents is 1. The lowest BCUT2D eigenvalue weighted by atomic mass is 9.85. The van der Waals surface area contributed by atoms with Gasteiger partial charge in [0.05, 0.1) is 6.10 Å². The molecule has 2 aromatic heterocycles. The van der Waals surface area contributed by atoms with Gasteiger partial charge in [-0.3, -0.25) is 82.7 Å². The van der Waals surface area contributed by atoms with Crippen molar-refractivity contribution >= 4 is 147 Å². The third-order valence-electron chi connectivity index (χ3n) is 21.1. The number of guanidine groups is 2.